The minimum Gasteiger partial charge on any atom is -0.339 e. The standard InChI is InChI=1S/C12H15Cl2NO3S/c1-4-8(2)15(3)12(16)11-9(13)6-5-7-10(11)19(14,17)18/h5-8H,4H2,1-3H3. The number of halogens is 2. The number of amides is 1. The van der Waals surface area contributed by atoms with Crippen molar-refractivity contribution in [2.75, 3.05) is 7.05 Å². The van der Waals surface area contributed by atoms with Crippen molar-refractivity contribution in [2.24, 2.45) is 0 Å². The summed E-state index contributed by atoms with van der Waals surface area (Å²) in [6.07, 6.45) is 0.746. The van der Waals surface area contributed by atoms with Crippen LogP contribution in [0.3, 0.4) is 0 Å². The summed E-state index contributed by atoms with van der Waals surface area (Å²) in [6, 6.07) is 4.14. The van der Waals surface area contributed by atoms with Gasteiger partial charge in [0.1, 0.15) is 0 Å². The monoisotopic (exact) mass is 323 g/mol. The average Bonchev–Trinajstić information content (AvgIpc) is 2.34. The van der Waals surface area contributed by atoms with Crippen LogP contribution in [0, 0.1) is 0 Å². The smallest absolute Gasteiger partial charge is 0.262 e. The van der Waals surface area contributed by atoms with Gasteiger partial charge in [0.2, 0.25) is 0 Å². The quantitative estimate of drug-likeness (QED) is 0.800. The highest BCUT2D eigenvalue weighted by Crippen LogP contribution is 2.28. The van der Waals surface area contributed by atoms with E-state index in [-0.39, 0.29) is 21.5 Å². The second-order valence-corrected chi connectivity index (χ2v) is 7.17. The fourth-order valence-corrected chi connectivity index (χ4v) is 2.94. The van der Waals surface area contributed by atoms with Crippen LogP contribution in [-0.2, 0) is 9.05 Å². The molecule has 1 rings (SSSR count). The van der Waals surface area contributed by atoms with E-state index in [1.165, 1.54) is 23.1 Å². The number of rotatable bonds is 4. The molecule has 0 aromatic heterocycles. The van der Waals surface area contributed by atoms with Gasteiger partial charge in [-0.3, -0.25) is 4.79 Å². The largest absolute Gasteiger partial charge is 0.339 e. The van der Waals surface area contributed by atoms with Crippen LogP contribution < -0.4 is 0 Å². The van der Waals surface area contributed by atoms with E-state index < -0.39 is 15.0 Å². The van der Waals surface area contributed by atoms with Gasteiger partial charge in [0, 0.05) is 23.8 Å². The van der Waals surface area contributed by atoms with Crippen molar-refractivity contribution in [1.29, 1.82) is 0 Å². The number of hydrogen-bond acceptors (Lipinski definition) is 3. The lowest BCUT2D eigenvalue weighted by Gasteiger charge is -2.25. The van der Waals surface area contributed by atoms with E-state index >= 15 is 0 Å². The predicted molar refractivity (Wildman–Crippen MR) is 76.3 cm³/mol. The Balaban J connectivity index is 3.39. The van der Waals surface area contributed by atoms with Crippen LogP contribution in [0.15, 0.2) is 23.1 Å². The van der Waals surface area contributed by atoms with Crippen LogP contribution in [-0.4, -0.2) is 32.3 Å². The van der Waals surface area contributed by atoms with Crippen molar-refractivity contribution in [2.45, 2.75) is 31.2 Å². The van der Waals surface area contributed by atoms with Gasteiger partial charge in [-0.2, -0.15) is 0 Å². The van der Waals surface area contributed by atoms with Crippen molar-refractivity contribution >= 4 is 37.2 Å². The van der Waals surface area contributed by atoms with Crippen molar-refractivity contribution < 1.29 is 13.2 Å². The molecule has 0 spiro atoms. The zero-order chi connectivity index (χ0) is 14.8. The molecule has 4 nitrogen and oxygen atoms in total. The number of carbonyl (C=O) groups is 1. The topological polar surface area (TPSA) is 54.5 Å². The second-order valence-electron chi connectivity index (χ2n) is 4.22. The normalized spacial score (nSPS) is 13.1. The first-order valence-electron chi connectivity index (χ1n) is 5.70. The molecule has 0 fully saturated rings. The molecule has 1 atom stereocenters. The molecule has 0 N–H and O–H groups in total. The van der Waals surface area contributed by atoms with Gasteiger partial charge in [-0.05, 0) is 25.5 Å². The van der Waals surface area contributed by atoms with Crippen molar-refractivity contribution in [3.63, 3.8) is 0 Å². The number of benzene rings is 1. The van der Waals surface area contributed by atoms with E-state index in [1.807, 2.05) is 13.8 Å². The first-order valence-corrected chi connectivity index (χ1v) is 8.39. The number of carbonyl (C=O) groups excluding carboxylic acids is 1. The molecule has 0 aliphatic heterocycles. The van der Waals surface area contributed by atoms with Crippen LogP contribution in [0.4, 0.5) is 0 Å². The molecule has 0 radical (unpaired) electrons. The van der Waals surface area contributed by atoms with E-state index in [9.17, 15) is 13.2 Å². The SMILES string of the molecule is CCC(C)N(C)C(=O)c1c(Cl)cccc1S(=O)(=O)Cl. The summed E-state index contributed by atoms with van der Waals surface area (Å²) in [5, 5.41) is 0.0712. The van der Waals surface area contributed by atoms with Crippen LogP contribution >= 0.6 is 22.3 Å². The average molecular weight is 324 g/mol. The highest BCUT2D eigenvalue weighted by atomic mass is 35.7. The molecule has 1 aromatic rings. The molecule has 1 aromatic carbocycles. The van der Waals surface area contributed by atoms with Crippen LogP contribution in [0.5, 0.6) is 0 Å². The Morgan fingerprint density at radius 1 is 1.42 bits per heavy atom. The Hall–Kier alpha value is -0.780. The van der Waals surface area contributed by atoms with Gasteiger partial charge in [0.25, 0.3) is 15.0 Å². The lowest BCUT2D eigenvalue weighted by molar-refractivity contribution is 0.0737. The summed E-state index contributed by atoms with van der Waals surface area (Å²) in [5.41, 5.74) is -0.0815. The maximum absolute atomic E-state index is 12.4. The minimum atomic E-state index is -4.03. The molecule has 0 saturated heterocycles. The first-order chi connectivity index (χ1) is 8.70. The summed E-state index contributed by atoms with van der Waals surface area (Å²) in [6.45, 7) is 3.80. The lowest BCUT2D eigenvalue weighted by Crippen LogP contribution is -2.35. The van der Waals surface area contributed by atoms with E-state index in [0.717, 1.165) is 6.42 Å². The zero-order valence-corrected chi connectivity index (χ0v) is 13.2. The van der Waals surface area contributed by atoms with Gasteiger partial charge >= 0.3 is 0 Å². The van der Waals surface area contributed by atoms with Crippen molar-refractivity contribution in [3.8, 4) is 0 Å². The molecule has 0 heterocycles. The molecule has 1 unspecified atom stereocenters. The van der Waals surface area contributed by atoms with E-state index in [1.54, 1.807) is 7.05 Å². The molecule has 7 heteroatoms. The van der Waals surface area contributed by atoms with Gasteiger partial charge < -0.3 is 4.90 Å². The highest BCUT2D eigenvalue weighted by molar-refractivity contribution is 8.13. The van der Waals surface area contributed by atoms with E-state index in [0.29, 0.717) is 0 Å². The second kappa shape index (κ2) is 6.11. The molecule has 0 saturated carbocycles. The fraction of sp³-hybridized carbons (Fsp3) is 0.417. The van der Waals surface area contributed by atoms with Gasteiger partial charge in [-0.25, -0.2) is 8.42 Å². The van der Waals surface area contributed by atoms with Gasteiger partial charge in [-0.15, -0.1) is 0 Å². The Morgan fingerprint density at radius 3 is 2.47 bits per heavy atom. The molecule has 0 bridgehead atoms. The molecule has 0 aliphatic carbocycles. The van der Waals surface area contributed by atoms with Crippen molar-refractivity contribution in [1.82, 2.24) is 4.90 Å². The number of hydrogen-bond donors (Lipinski definition) is 0. The molecule has 1 amide bonds. The summed E-state index contributed by atoms with van der Waals surface area (Å²) in [4.78, 5) is 13.5. The lowest BCUT2D eigenvalue weighted by atomic mass is 10.1. The van der Waals surface area contributed by atoms with Gasteiger partial charge in [-0.1, -0.05) is 24.6 Å². The highest BCUT2D eigenvalue weighted by Gasteiger charge is 2.26. The molecular weight excluding hydrogens is 309 g/mol. The summed E-state index contributed by atoms with van der Waals surface area (Å²) >= 11 is 5.95. The van der Waals surface area contributed by atoms with Crippen LogP contribution in [0.2, 0.25) is 5.02 Å². The Kier molecular flexibility index (Phi) is 5.24. The maximum atomic E-state index is 12.4. The third-order valence-corrected chi connectivity index (χ3v) is 4.70. The minimum absolute atomic E-state index is 0.0327. The van der Waals surface area contributed by atoms with Gasteiger partial charge in [0.05, 0.1) is 15.5 Å². The molecule has 106 valence electrons. The Bertz CT molecular complexity index is 587. The summed E-state index contributed by atoms with van der Waals surface area (Å²) in [7, 11) is 2.92. The summed E-state index contributed by atoms with van der Waals surface area (Å²) in [5.74, 6) is -0.459. The third-order valence-electron chi connectivity index (χ3n) is 3.02. The molecular formula is C12H15Cl2NO3S. The van der Waals surface area contributed by atoms with Crippen molar-refractivity contribution in [3.05, 3.63) is 28.8 Å². The first kappa shape index (κ1) is 16.3. The maximum Gasteiger partial charge on any atom is 0.262 e. The van der Waals surface area contributed by atoms with E-state index in [4.69, 9.17) is 22.3 Å². The zero-order valence-electron chi connectivity index (χ0n) is 10.9. The van der Waals surface area contributed by atoms with E-state index in [2.05, 4.69) is 0 Å². The van der Waals surface area contributed by atoms with Crippen LogP contribution in [0.25, 0.3) is 0 Å². The fourth-order valence-electron chi connectivity index (χ4n) is 1.57. The Labute approximate surface area is 122 Å². The molecule has 0 aliphatic rings. The third kappa shape index (κ3) is 3.61. The number of nitrogens with zero attached hydrogens (tertiary/aromatic N) is 1. The predicted octanol–water partition coefficient (Wildman–Crippen LogP) is 3.14. The molecule has 19 heavy (non-hydrogen) atoms. The van der Waals surface area contributed by atoms with Crippen LogP contribution in [0.1, 0.15) is 30.6 Å². The summed E-state index contributed by atoms with van der Waals surface area (Å²) < 4.78 is 23.0. The van der Waals surface area contributed by atoms with Gasteiger partial charge in [0.15, 0.2) is 0 Å². The Morgan fingerprint density at radius 2 is 2.00 bits per heavy atom.